The molecule has 5 rings (SSSR count). The number of pyridine rings is 1. The van der Waals surface area contributed by atoms with Crippen molar-refractivity contribution in [2.24, 2.45) is 17.3 Å². The quantitative estimate of drug-likeness (QED) is 0.649. The van der Waals surface area contributed by atoms with E-state index >= 15 is 0 Å². The molecule has 0 unspecified atom stereocenters. The SMILES string of the molecule is C[C@@H]1CN(c2ccnn3cc(-c4cccc(C(F)F)n4)cc23)C(=O)[C@]1(C#N)C1CC1. The lowest BCUT2D eigenvalue weighted by Gasteiger charge is -2.23. The molecule has 8 heteroatoms. The van der Waals surface area contributed by atoms with E-state index < -0.39 is 11.8 Å². The van der Waals surface area contributed by atoms with Crippen molar-refractivity contribution >= 4 is 17.1 Å². The van der Waals surface area contributed by atoms with Gasteiger partial charge in [-0.1, -0.05) is 13.0 Å². The normalized spacial score (nSPS) is 24.0. The number of nitrogens with zero attached hydrogens (tertiary/aromatic N) is 5. The van der Waals surface area contributed by atoms with Crippen molar-refractivity contribution in [2.75, 3.05) is 11.4 Å². The van der Waals surface area contributed by atoms with Gasteiger partial charge < -0.3 is 4.90 Å². The van der Waals surface area contributed by atoms with E-state index in [4.69, 9.17) is 0 Å². The molecule has 2 aliphatic rings. The Morgan fingerprint density at radius 2 is 2.10 bits per heavy atom. The standard InChI is InChI=1S/C22H19F2N5O/c1-13-10-28(21(30)22(13,12-25)15-5-6-15)18-7-8-26-29-11-14(9-19(18)29)16-3-2-4-17(27-16)20(23)24/h2-4,7-9,11,13,15,20H,5-6,10H2,1H3/t13-,22+/m1/s1. The maximum absolute atomic E-state index is 13.4. The number of hydrogen-bond donors (Lipinski definition) is 0. The molecule has 6 nitrogen and oxygen atoms in total. The van der Waals surface area contributed by atoms with E-state index in [0.717, 1.165) is 12.8 Å². The van der Waals surface area contributed by atoms with E-state index in [0.29, 0.717) is 29.0 Å². The zero-order valence-electron chi connectivity index (χ0n) is 16.3. The van der Waals surface area contributed by atoms with Crippen molar-refractivity contribution in [3.63, 3.8) is 0 Å². The summed E-state index contributed by atoms with van der Waals surface area (Å²) in [5.74, 6) is -0.111. The Hall–Kier alpha value is -3.34. The third-order valence-electron chi connectivity index (χ3n) is 6.31. The van der Waals surface area contributed by atoms with Crippen LogP contribution >= 0.6 is 0 Å². The minimum Gasteiger partial charge on any atom is -0.309 e. The molecule has 3 aromatic rings. The minimum atomic E-state index is -2.65. The van der Waals surface area contributed by atoms with Crippen molar-refractivity contribution in [1.29, 1.82) is 5.26 Å². The molecule has 2 fully saturated rings. The average Bonchev–Trinajstić information content (AvgIpc) is 3.44. The van der Waals surface area contributed by atoms with Gasteiger partial charge in [0.05, 0.1) is 23.0 Å². The first-order chi connectivity index (χ1) is 14.5. The summed E-state index contributed by atoms with van der Waals surface area (Å²) in [6.07, 6.45) is 2.46. The van der Waals surface area contributed by atoms with Crippen LogP contribution in [0, 0.1) is 28.6 Å². The van der Waals surface area contributed by atoms with Crippen LogP contribution in [0.1, 0.15) is 31.9 Å². The third-order valence-corrected chi connectivity index (χ3v) is 6.31. The molecule has 0 spiro atoms. The van der Waals surface area contributed by atoms with Gasteiger partial charge in [0.15, 0.2) is 0 Å². The van der Waals surface area contributed by atoms with Gasteiger partial charge in [-0.3, -0.25) is 4.79 Å². The Labute approximate surface area is 171 Å². The highest BCUT2D eigenvalue weighted by atomic mass is 19.3. The molecule has 0 aromatic carbocycles. The van der Waals surface area contributed by atoms with Crippen LogP contribution in [0.3, 0.4) is 0 Å². The van der Waals surface area contributed by atoms with Gasteiger partial charge in [-0.15, -0.1) is 0 Å². The lowest BCUT2D eigenvalue weighted by atomic mass is 9.75. The third kappa shape index (κ3) is 2.61. The van der Waals surface area contributed by atoms with Gasteiger partial charge in [0.1, 0.15) is 11.1 Å². The fraction of sp³-hybridized carbons (Fsp3) is 0.364. The van der Waals surface area contributed by atoms with Crippen molar-refractivity contribution in [3.05, 3.63) is 48.4 Å². The Kier molecular flexibility index (Phi) is 4.10. The zero-order valence-corrected chi connectivity index (χ0v) is 16.3. The Bertz CT molecular complexity index is 1200. The zero-order chi connectivity index (χ0) is 21.0. The van der Waals surface area contributed by atoms with Crippen LogP contribution in [-0.2, 0) is 4.79 Å². The van der Waals surface area contributed by atoms with E-state index in [9.17, 15) is 18.8 Å². The lowest BCUT2D eigenvalue weighted by Crippen LogP contribution is -2.37. The summed E-state index contributed by atoms with van der Waals surface area (Å²) >= 11 is 0. The highest BCUT2D eigenvalue weighted by molar-refractivity contribution is 6.05. The molecule has 152 valence electrons. The molecule has 1 aliphatic carbocycles. The number of amides is 1. The van der Waals surface area contributed by atoms with Crippen LogP contribution in [-0.4, -0.2) is 27.0 Å². The second kappa shape index (κ2) is 6.59. The maximum atomic E-state index is 13.4. The topological polar surface area (TPSA) is 74.3 Å². The van der Waals surface area contributed by atoms with Gasteiger partial charge in [-0.05, 0) is 43.0 Å². The first kappa shape index (κ1) is 18.7. The number of halogens is 2. The van der Waals surface area contributed by atoms with Crippen LogP contribution in [0.25, 0.3) is 16.8 Å². The van der Waals surface area contributed by atoms with E-state index in [1.165, 1.54) is 6.07 Å². The number of anilines is 1. The summed E-state index contributed by atoms with van der Waals surface area (Å²) in [4.78, 5) is 19.1. The smallest absolute Gasteiger partial charge is 0.280 e. The fourth-order valence-electron chi connectivity index (χ4n) is 4.61. The van der Waals surface area contributed by atoms with E-state index in [-0.39, 0.29) is 23.4 Å². The van der Waals surface area contributed by atoms with Gasteiger partial charge in [-0.2, -0.15) is 10.4 Å². The van der Waals surface area contributed by atoms with Crippen LogP contribution < -0.4 is 4.90 Å². The maximum Gasteiger partial charge on any atom is 0.280 e. The molecule has 0 N–H and O–H groups in total. The minimum absolute atomic E-state index is 0.0745. The van der Waals surface area contributed by atoms with Crippen LogP contribution in [0.15, 0.2) is 42.7 Å². The van der Waals surface area contributed by atoms with E-state index in [2.05, 4.69) is 16.2 Å². The van der Waals surface area contributed by atoms with Crippen LogP contribution in [0.5, 0.6) is 0 Å². The molecule has 2 atom stereocenters. The second-order valence-electron chi connectivity index (χ2n) is 8.10. The summed E-state index contributed by atoms with van der Waals surface area (Å²) in [7, 11) is 0. The van der Waals surface area contributed by atoms with E-state index in [1.54, 1.807) is 46.1 Å². The number of carbonyl (C=O) groups is 1. The van der Waals surface area contributed by atoms with Crippen molar-refractivity contribution < 1.29 is 13.6 Å². The summed E-state index contributed by atoms with van der Waals surface area (Å²) in [6, 6.07) is 10.4. The number of hydrogen-bond acceptors (Lipinski definition) is 4. The Balaban J connectivity index is 1.58. The molecule has 1 aliphatic heterocycles. The molecule has 3 aromatic heterocycles. The summed E-state index contributed by atoms with van der Waals surface area (Å²) < 4.78 is 27.7. The highest BCUT2D eigenvalue weighted by Gasteiger charge is 2.61. The van der Waals surface area contributed by atoms with Gasteiger partial charge in [0, 0.05) is 30.4 Å². The van der Waals surface area contributed by atoms with Crippen molar-refractivity contribution in [3.8, 4) is 17.3 Å². The number of carbonyl (C=O) groups excluding carboxylic acids is 1. The molecule has 4 heterocycles. The average molecular weight is 407 g/mol. The largest absolute Gasteiger partial charge is 0.309 e. The highest BCUT2D eigenvalue weighted by Crippen LogP contribution is 2.54. The predicted molar refractivity (Wildman–Crippen MR) is 106 cm³/mol. The molecule has 0 radical (unpaired) electrons. The Morgan fingerprint density at radius 3 is 2.80 bits per heavy atom. The Morgan fingerprint density at radius 1 is 1.30 bits per heavy atom. The van der Waals surface area contributed by atoms with Crippen LogP contribution in [0.2, 0.25) is 0 Å². The second-order valence-corrected chi connectivity index (χ2v) is 8.10. The molecule has 1 saturated carbocycles. The summed E-state index contributed by atoms with van der Waals surface area (Å²) in [5.41, 5.74) is 1.11. The molecule has 1 amide bonds. The number of alkyl halides is 2. The first-order valence-corrected chi connectivity index (χ1v) is 9.91. The monoisotopic (exact) mass is 407 g/mol. The summed E-state index contributed by atoms with van der Waals surface area (Å²) in [6.45, 7) is 2.42. The first-order valence-electron chi connectivity index (χ1n) is 9.91. The molecule has 30 heavy (non-hydrogen) atoms. The molecule has 0 bridgehead atoms. The summed E-state index contributed by atoms with van der Waals surface area (Å²) in [5, 5.41) is 14.2. The van der Waals surface area contributed by atoms with Crippen LogP contribution in [0.4, 0.5) is 14.5 Å². The van der Waals surface area contributed by atoms with E-state index in [1.807, 2.05) is 6.92 Å². The molecular weight excluding hydrogens is 388 g/mol. The van der Waals surface area contributed by atoms with Gasteiger partial charge in [0.2, 0.25) is 5.91 Å². The molecular formula is C22H19F2N5O. The van der Waals surface area contributed by atoms with Gasteiger partial charge in [-0.25, -0.2) is 18.3 Å². The fourth-order valence-corrected chi connectivity index (χ4v) is 4.61. The van der Waals surface area contributed by atoms with Crippen molar-refractivity contribution in [1.82, 2.24) is 14.6 Å². The predicted octanol–water partition coefficient (Wildman–Crippen LogP) is 4.24. The number of nitriles is 1. The molecule has 1 saturated heterocycles. The van der Waals surface area contributed by atoms with Gasteiger partial charge >= 0.3 is 0 Å². The van der Waals surface area contributed by atoms with Gasteiger partial charge in [0.25, 0.3) is 6.43 Å². The van der Waals surface area contributed by atoms with Crippen molar-refractivity contribution in [2.45, 2.75) is 26.2 Å². The number of aromatic nitrogens is 3. The number of fused-ring (bicyclic) bond motifs is 1. The number of rotatable bonds is 4. The lowest BCUT2D eigenvalue weighted by molar-refractivity contribution is -0.124.